The smallest absolute Gasteiger partial charge is 0.429 e. The summed E-state index contributed by atoms with van der Waals surface area (Å²) < 4.78 is 96.7. The van der Waals surface area contributed by atoms with Crippen LogP contribution in [0.2, 0.25) is 0 Å². The molecule has 0 N–H and O–H groups in total. The molecule has 0 radical (unpaired) electrons. The minimum absolute atomic E-state index is 0.0544. The lowest BCUT2D eigenvalue weighted by Gasteiger charge is -2.21. The standard InChI is InChI=1S/C29H30F6O2/c1-3-5-7-9-21-18-25(30)27(26(31)19-21)29(34,35)37-24-16-12-22(13-17-24)28(32,33)36-23-14-10-20(11-15-23)8-6-4-2/h10-19H,3-9H2,1-2H3. The van der Waals surface area contributed by atoms with Gasteiger partial charge in [0.25, 0.3) is 0 Å². The van der Waals surface area contributed by atoms with Crippen molar-refractivity contribution in [3.05, 3.63) is 94.6 Å². The van der Waals surface area contributed by atoms with Crippen molar-refractivity contribution in [2.45, 2.75) is 71.0 Å². The molecule has 0 aromatic heterocycles. The molecule has 0 atom stereocenters. The zero-order valence-electron chi connectivity index (χ0n) is 20.8. The normalized spacial score (nSPS) is 12.0. The lowest BCUT2D eigenvalue weighted by Crippen LogP contribution is -2.25. The summed E-state index contributed by atoms with van der Waals surface area (Å²) in [6.45, 7) is 4.02. The molecule has 0 fully saturated rings. The number of hydrogen-bond donors (Lipinski definition) is 0. The summed E-state index contributed by atoms with van der Waals surface area (Å²) in [5.41, 5.74) is -0.872. The molecule has 0 heterocycles. The van der Waals surface area contributed by atoms with Crippen molar-refractivity contribution in [2.24, 2.45) is 0 Å². The first-order valence-corrected chi connectivity index (χ1v) is 12.4. The lowest BCUT2D eigenvalue weighted by atomic mass is 10.0. The van der Waals surface area contributed by atoms with E-state index < -0.39 is 40.7 Å². The summed E-state index contributed by atoms with van der Waals surface area (Å²) in [5.74, 6) is -3.47. The highest BCUT2D eigenvalue weighted by atomic mass is 19.3. The molecule has 0 bridgehead atoms. The lowest BCUT2D eigenvalue weighted by molar-refractivity contribution is -0.190. The van der Waals surface area contributed by atoms with Gasteiger partial charge < -0.3 is 9.47 Å². The minimum atomic E-state index is -4.36. The summed E-state index contributed by atoms with van der Waals surface area (Å²) >= 11 is 0. The monoisotopic (exact) mass is 524 g/mol. The number of benzene rings is 3. The predicted molar refractivity (Wildman–Crippen MR) is 130 cm³/mol. The first-order valence-electron chi connectivity index (χ1n) is 12.4. The molecule has 3 aromatic rings. The molecule has 0 aliphatic carbocycles. The van der Waals surface area contributed by atoms with Gasteiger partial charge in [-0.25, -0.2) is 8.78 Å². The van der Waals surface area contributed by atoms with Gasteiger partial charge in [-0.2, -0.15) is 17.6 Å². The Morgan fingerprint density at radius 2 is 1.08 bits per heavy atom. The van der Waals surface area contributed by atoms with Crippen LogP contribution in [-0.2, 0) is 25.1 Å². The molecule has 0 saturated heterocycles. The number of alkyl halides is 4. The van der Waals surface area contributed by atoms with Gasteiger partial charge in [0.15, 0.2) is 0 Å². The Balaban J connectivity index is 1.69. The van der Waals surface area contributed by atoms with Crippen molar-refractivity contribution >= 4 is 0 Å². The summed E-state index contributed by atoms with van der Waals surface area (Å²) in [6.07, 6.45) is -2.52. The average molecular weight is 525 g/mol. The highest BCUT2D eigenvalue weighted by Gasteiger charge is 2.41. The van der Waals surface area contributed by atoms with Crippen LogP contribution in [0.25, 0.3) is 0 Å². The molecule has 3 aromatic carbocycles. The summed E-state index contributed by atoms with van der Waals surface area (Å²) in [4.78, 5) is 0. The number of halogens is 6. The maximum Gasteiger partial charge on any atom is 0.432 e. The van der Waals surface area contributed by atoms with Gasteiger partial charge in [0, 0.05) is 0 Å². The van der Waals surface area contributed by atoms with E-state index >= 15 is 0 Å². The first-order chi connectivity index (χ1) is 17.6. The Kier molecular flexibility index (Phi) is 9.51. The maximum absolute atomic E-state index is 14.7. The molecule has 0 spiro atoms. The highest BCUT2D eigenvalue weighted by Crippen LogP contribution is 2.37. The van der Waals surface area contributed by atoms with Gasteiger partial charge in [0.05, 0.1) is 5.56 Å². The van der Waals surface area contributed by atoms with Gasteiger partial charge in [-0.1, -0.05) is 45.2 Å². The van der Waals surface area contributed by atoms with Crippen molar-refractivity contribution in [3.8, 4) is 11.5 Å². The third kappa shape index (κ3) is 7.66. The second kappa shape index (κ2) is 12.4. The molecule has 8 heteroatoms. The van der Waals surface area contributed by atoms with E-state index in [-0.39, 0.29) is 11.3 Å². The Bertz CT molecular complexity index is 1120. The van der Waals surface area contributed by atoms with E-state index in [0.29, 0.717) is 12.8 Å². The predicted octanol–water partition coefficient (Wildman–Crippen LogP) is 9.30. The van der Waals surface area contributed by atoms with Crippen LogP contribution in [0.15, 0.2) is 60.7 Å². The van der Waals surface area contributed by atoms with E-state index in [9.17, 15) is 26.3 Å². The second-order valence-corrected chi connectivity index (χ2v) is 8.90. The third-order valence-corrected chi connectivity index (χ3v) is 5.89. The Morgan fingerprint density at radius 1 is 0.595 bits per heavy atom. The van der Waals surface area contributed by atoms with Crippen LogP contribution in [0.5, 0.6) is 11.5 Å². The molecule has 0 aliphatic rings. The molecule has 0 unspecified atom stereocenters. The Labute approximate surface area is 213 Å². The van der Waals surface area contributed by atoms with Crippen LogP contribution >= 0.6 is 0 Å². The average Bonchev–Trinajstić information content (AvgIpc) is 2.83. The zero-order valence-corrected chi connectivity index (χ0v) is 20.8. The summed E-state index contributed by atoms with van der Waals surface area (Å²) in [5, 5.41) is 0. The molecule has 200 valence electrons. The van der Waals surface area contributed by atoms with E-state index in [0.717, 1.165) is 74.1 Å². The van der Waals surface area contributed by atoms with Crippen LogP contribution in [0.1, 0.15) is 68.2 Å². The van der Waals surface area contributed by atoms with Gasteiger partial charge in [-0.15, -0.1) is 0 Å². The molecule has 3 rings (SSSR count). The third-order valence-electron chi connectivity index (χ3n) is 5.89. The van der Waals surface area contributed by atoms with Crippen LogP contribution in [0.4, 0.5) is 26.3 Å². The van der Waals surface area contributed by atoms with Crippen LogP contribution < -0.4 is 9.47 Å². The van der Waals surface area contributed by atoms with Gasteiger partial charge in [-0.05, 0) is 85.3 Å². The largest absolute Gasteiger partial charge is 0.432 e. The molecule has 0 saturated carbocycles. The van der Waals surface area contributed by atoms with Gasteiger partial charge >= 0.3 is 12.2 Å². The van der Waals surface area contributed by atoms with Crippen molar-refractivity contribution < 1.29 is 35.8 Å². The summed E-state index contributed by atoms with van der Waals surface area (Å²) in [6, 6.07) is 11.4. The van der Waals surface area contributed by atoms with Crippen LogP contribution in [-0.4, -0.2) is 0 Å². The number of unbranched alkanes of at least 4 members (excludes halogenated alkanes) is 3. The van der Waals surface area contributed by atoms with Gasteiger partial charge in [-0.3, -0.25) is 0 Å². The Hall–Kier alpha value is -3.16. The molecule has 37 heavy (non-hydrogen) atoms. The maximum atomic E-state index is 14.7. The molecular weight excluding hydrogens is 494 g/mol. The van der Waals surface area contributed by atoms with Crippen LogP contribution in [0.3, 0.4) is 0 Å². The van der Waals surface area contributed by atoms with Crippen molar-refractivity contribution in [3.63, 3.8) is 0 Å². The second-order valence-electron chi connectivity index (χ2n) is 8.90. The van der Waals surface area contributed by atoms with E-state index in [2.05, 4.69) is 11.7 Å². The highest BCUT2D eigenvalue weighted by molar-refractivity contribution is 5.34. The molecular formula is C29H30F6O2. The quantitative estimate of drug-likeness (QED) is 0.164. The van der Waals surface area contributed by atoms with E-state index in [1.54, 1.807) is 12.1 Å². The molecule has 0 aliphatic heterocycles. The number of hydrogen-bond acceptors (Lipinski definition) is 2. The molecule has 0 amide bonds. The van der Waals surface area contributed by atoms with E-state index in [4.69, 9.17) is 4.74 Å². The first kappa shape index (κ1) is 28.4. The minimum Gasteiger partial charge on any atom is -0.429 e. The number of ether oxygens (including phenoxy) is 2. The van der Waals surface area contributed by atoms with E-state index in [1.165, 1.54) is 12.1 Å². The van der Waals surface area contributed by atoms with Crippen molar-refractivity contribution in [1.29, 1.82) is 0 Å². The van der Waals surface area contributed by atoms with Gasteiger partial charge in [0.1, 0.15) is 28.7 Å². The zero-order chi connectivity index (χ0) is 27.1. The van der Waals surface area contributed by atoms with Gasteiger partial charge in [0.2, 0.25) is 0 Å². The summed E-state index contributed by atoms with van der Waals surface area (Å²) in [7, 11) is 0. The van der Waals surface area contributed by atoms with Crippen molar-refractivity contribution in [2.75, 3.05) is 0 Å². The topological polar surface area (TPSA) is 18.5 Å². The SMILES string of the molecule is CCCCCc1cc(F)c(C(F)(F)Oc2ccc(C(F)(F)Oc3ccc(CCCC)cc3)cc2)c(F)c1. The fourth-order valence-electron chi connectivity index (χ4n) is 3.86. The van der Waals surface area contributed by atoms with Crippen LogP contribution in [0, 0.1) is 11.6 Å². The molecule has 2 nitrogen and oxygen atoms in total. The fourth-order valence-corrected chi connectivity index (χ4v) is 3.86. The van der Waals surface area contributed by atoms with E-state index in [1.807, 2.05) is 6.92 Å². The van der Waals surface area contributed by atoms with Crippen molar-refractivity contribution in [1.82, 2.24) is 0 Å². The number of aryl methyl sites for hydroxylation is 2. The fraction of sp³-hybridized carbons (Fsp3) is 0.379. The number of rotatable bonds is 13. The Morgan fingerprint density at radius 3 is 1.62 bits per heavy atom.